The average molecular weight is 244 g/mol. The molecule has 16 heavy (non-hydrogen) atoms. The van der Waals surface area contributed by atoms with Gasteiger partial charge in [-0.05, 0) is 18.1 Å². The van der Waals surface area contributed by atoms with Crippen molar-refractivity contribution < 1.29 is 9.63 Å². The summed E-state index contributed by atoms with van der Waals surface area (Å²) in [6, 6.07) is 0. The highest BCUT2D eigenvalue weighted by atomic mass is 32.2. The van der Waals surface area contributed by atoms with E-state index >= 15 is 0 Å². The molecular weight excluding hydrogens is 224 g/mol. The number of hydrogen-bond donors (Lipinski definition) is 1. The summed E-state index contributed by atoms with van der Waals surface area (Å²) in [6.45, 7) is 6.30. The van der Waals surface area contributed by atoms with Crippen LogP contribution in [0.15, 0.2) is 4.52 Å². The SMILES string of the molecule is CCC(O)Cc1nc(CSCC(C)C)no1. The van der Waals surface area contributed by atoms with Gasteiger partial charge in [0.05, 0.1) is 18.3 Å². The van der Waals surface area contributed by atoms with E-state index in [4.69, 9.17) is 4.52 Å². The van der Waals surface area contributed by atoms with Gasteiger partial charge in [-0.3, -0.25) is 0 Å². The maximum Gasteiger partial charge on any atom is 0.229 e. The first-order chi connectivity index (χ1) is 7.61. The van der Waals surface area contributed by atoms with Crippen LogP contribution in [0.5, 0.6) is 0 Å². The van der Waals surface area contributed by atoms with Crippen molar-refractivity contribution in [1.29, 1.82) is 0 Å². The zero-order chi connectivity index (χ0) is 12.0. The Balaban J connectivity index is 2.33. The van der Waals surface area contributed by atoms with Gasteiger partial charge in [0.2, 0.25) is 5.89 Å². The van der Waals surface area contributed by atoms with Gasteiger partial charge in [-0.2, -0.15) is 16.7 Å². The normalized spacial score (nSPS) is 13.3. The molecule has 1 N–H and O–H groups in total. The highest BCUT2D eigenvalue weighted by Gasteiger charge is 2.10. The van der Waals surface area contributed by atoms with Gasteiger partial charge in [0, 0.05) is 0 Å². The van der Waals surface area contributed by atoms with Crippen molar-refractivity contribution in [2.24, 2.45) is 5.92 Å². The van der Waals surface area contributed by atoms with E-state index in [0.717, 1.165) is 17.3 Å². The van der Waals surface area contributed by atoms with Crippen LogP contribution in [0.25, 0.3) is 0 Å². The van der Waals surface area contributed by atoms with E-state index < -0.39 is 0 Å². The lowest BCUT2D eigenvalue weighted by molar-refractivity contribution is 0.158. The number of aliphatic hydroxyl groups excluding tert-OH is 1. The second kappa shape index (κ2) is 6.91. The van der Waals surface area contributed by atoms with E-state index in [0.29, 0.717) is 24.7 Å². The van der Waals surface area contributed by atoms with Crippen molar-refractivity contribution in [3.05, 3.63) is 11.7 Å². The zero-order valence-electron chi connectivity index (χ0n) is 10.1. The largest absolute Gasteiger partial charge is 0.393 e. The van der Waals surface area contributed by atoms with Crippen LogP contribution >= 0.6 is 11.8 Å². The minimum atomic E-state index is -0.378. The maximum absolute atomic E-state index is 9.44. The first-order valence-corrected chi connectivity index (χ1v) is 6.84. The predicted octanol–water partition coefficient (Wildman–Crippen LogP) is 2.27. The molecule has 1 rings (SSSR count). The fraction of sp³-hybridized carbons (Fsp3) is 0.818. The van der Waals surface area contributed by atoms with Gasteiger partial charge >= 0.3 is 0 Å². The molecule has 0 saturated heterocycles. The lowest BCUT2D eigenvalue weighted by Gasteiger charge is -2.01. The smallest absolute Gasteiger partial charge is 0.229 e. The number of thioether (sulfide) groups is 1. The van der Waals surface area contributed by atoms with Crippen molar-refractivity contribution in [3.63, 3.8) is 0 Å². The van der Waals surface area contributed by atoms with E-state index in [9.17, 15) is 5.11 Å². The molecule has 4 nitrogen and oxygen atoms in total. The molecular formula is C11H20N2O2S. The molecule has 0 aliphatic carbocycles. The third-order valence-corrected chi connectivity index (χ3v) is 3.44. The topological polar surface area (TPSA) is 59.2 Å². The zero-order valence-corrected chi connectivity index (χ0v) is 11.0. The van der Waals surface area contributed by atoms with Crippen molar-refractivity contribution in [1.82, 2.24) is 10.1 Å². The fourth-order valence-electron chi connectivity index (χ4n) is 1.16. The summed E-state index contributed by atoms with van der Waals surface area (Å²) in [5.74, 6) is 3.82. The van der Waals surface area contributed by atoms with Crippen molar-refractivity contribution in [2.75, 3.05) is 5.75 Å². The van der Waals surface area contributed by atoms with E-state index in [1.54, 1.807) is 11.8 Å². The summed E-state index contributed by atoms with van der Waals surface area (Å²) in [6.07, 6.45) is 0.787. The Morgan fingerprint density at radius 3 is 2.81 bits per heavy atom. The van der Waals surface area contributed by atoms with Gasteiger partial charge < -0.3 is 9.63 Å². The minimum absolute atomic E-state index is 0.378. The summed E-state index contributed by atoms with van der Waals surface area (Å²) < 4.78 is 5.06. The molecule has 0 aliphatic rings. The summed E-state index contributed by atoms with van der Waals surface area (Å²) in [7, 11) is 0. The Bertz CT molecular complexity index is 302. The van der Waals surface area contributed by atoms with E-state index in [1.165, 1.54) is 0 Å². The third-order valence-electron chi connectivity index (χ3n) is 2.07. The molecule has 92 valence electrons. The summed E-state index contributed by atoms with van der Waals surface area (Å²) >= 11 is 1.80. The molecule has 1 atom stereocenters. The molecule has 0 amide bonds. The van der Waals surface area contributed by atoms with Crippen LogP contribution in [0, 0.1) is 5.92 Å². The molecule has 0 radical (unpaired) electrons. The van der Waals surface area contributed by atoms with Crippen LogP contribution in [0.1, 0.15) is 38.9 Å². The number of rotatable bonds is 7. The molecule has 0 spiro atoms. The summed E-state index contributed by atoms with van der Waals surface area (Å²) in [5.41, 5.74) is 0. The highest BCUT2D eigenvalue weighted by Crippen LogP contribution is 2.13. The standard InChI is InChI=1S/C11H20N2O2S/c1-4-9(14)5-11-12-10(13-15-11)7-16-6-8(2)3/h8-9,14H,4-7H2,1-3H3. The van der Waals surface area contributed by atoms with Crippen LogP contribution in [0.3, 0.4) is 0 Å². The monoisotopic (exact) mass is 244 g/mol. The minimum Gasteiger partial charge on any atom is -0.393 e. The van der Waals surface area contributed by atoms with Crippen LogP contribution in [0.2, 0.25) is 0 Å². The number of hydrogen-bond acceptors (Lipinski definition) is 5. The van der Waals surface area contributed by atoms with Gasteiger partial charge in [-0.1, -0.05) is 25.9 Å². The lowest BCUT2D eigenvalue weighted by atomic mass is 10.2. The van der Waals surface area contributed by atoms with E-state index in [-0.39, 0.29) is 6.10 Å². The Morgan fingerprint density at radius 1 is 1.44 bits per heavy atom. The molecule has 1 unspecified atom stereocenters. The van der Waals surface area contributed by atoms with Gasteiger partial charge in [-0.15, -0.1) is 0 Å². The molecule has 0 fully saturated rings. The van der Waals surface area contributed by atoms with Crippen molar-refractivity contribution in [3.8, 4) is 0 Å². The first-order valence-electron chi connectivity index (χ1n) is 5.69. The third kappa shape index (κ3) is 4.99. The molecule has 0 saturated carbocycles. The molecule has 0 aliphatic heterocycles. The van der Waals surface area contributed by atoms with Crippen LogP contribution < -0.4 is 0 Å². The second-order valence-corrected chi connectivity index (χ2v) is 5.31. The molecule has 0 bridgehead atoms. The average Bonchev–Trinajstić information content (AvgIpc) is 2.65. The Hall–Kier alpha value is -0.550. The van der Waals surface area contributed by atoms with Gasteiger partial charge in [0.15, 0.2) is 5.82 Å². The Kier molecular flexibility index (Phi) is 5.84. The molecule has 1 aromatic heterocycles. The van der Waals surface area contributed by atoms with E-state index in [1.807, 2.05) is 6.92 Å². The highest BCUT2D eigenvalue weighted by molar-refractivity contribution is 7.98. The predicted molar refractivity (Wildman–Crippen MR) is 65.3 cm³/mol. The summed E-state index contributed by atoms with van der Waals surface area (Å²) in [4.78, 5) is 4.24. The molecule has 1 heterocycles. The molecule has 0 aromatic carbocycles. The molecule has 1 aromatic rings. The second-order valence-electron chi connectivity index (χ2n) is 4.28. The quantitative estimate of drug-likeness (QED) is 0.797. The van der Waals surface area contributed by atoms with Gasteiger partial charge in [0.25, 0.3) is 0 Å². The number of aliphatic hydroxyl groups is 1. The maximum atomic E-state index is 9.44. The molecule has 5 heteroatoms. The van der Waals surface area contributed by atoms with Gasteiger partial charge in [-0.25, -0.2) is 0 Å². The van der Waals surface area contributed by atoms with E-state index in [2.05, 4.69) is 24.0 Å². The van der Waals surface area contributed by atoms with Crippen LogP contribution in [-0.2, 0) is 12.2 Å². The summed E-state index contributed by atoms with van der Waals surface area (Å²) in [5, 5.41) is 13.3. The number of aromatic nitrogens is 2. The lowest BCUT2D eigenvalue weighted by Crippen LogP contribution is -2.08. The van der Waals surface area contributed by atoms with Crippen molar-refractivity contribution in [2.45, 2.75) is 45.5 Å². The first kappa shape index (κ1) is 13.5. The Labute approximate surface area is 101 Å². The van der Waals surface area contributed by atoms with Gasteiger partial charge in [0.1, 0.15) is 0 Å². The van der Waals surface area contributed by atoms with Crippen LogP contribution in [-0.4, -0.2) is 27.1 Å². The number of nitrogens with zero attached hydrogens (tertiary/aromatic N) is 2. The Morgan fingerprint density at radius 2 is 2.19 bits per heavy atom. The van der Waals surface area contributed by atoms with Crippen LogP contribution in [0.4, 0.5) is 0 Å². The van der Waals surface area contributed by atoms with Crippen molar-refractivity contribution >= 4 is 11.8 Å². The fourth-order valence-corrected chi connectivity index (χ4v) is 2.05.